The zero-order chi connectivity index (χ0) is 10.7. The van der Waals surface area contributed by atoms with Crippen LogP contribution in [0.1, 0.15) is 24.6 Å². The molecule has 0 atom stereocenters. The number of aliphatic carboxylic acids is 1. The maximum absolute atomic E-state index is 10.1. The number of rotatable bonds is 5. The van der Waals surface area contributed by atoms with Gasteiger partial charge in [0.25, 0.3) is 0 Å². The average molecular weight is 209 g/mol. The molecule has 0 unspecified atom stereocenters. The normalized spacial score (nSPS) is 15.7. The van der Waals surface area contributed by atoms with E-state index in [1.54, 1.807) is 12.5 Å². The number of nitrogens with zero attached hydrogens (tertiary/aromatic N) is 3. The molecule has 0 radical (unpaired) electrons. The lowest BCUT2D eigenvalue weighted by molar-refractivity contribution is -0.142. The zero-order valence-corrected chi connectivity index (χ0v) is 8.04. The number of hydrogen-bond acceptors (Lipinski definition) is 4. The number of imidazole rings is 1. The summed E-state index contributed by atoms with van der Waals surface area (Å²) in [4.78, 5) is 18.7. The van der Waals surface area contributed by atoms with Crippen LogP contribution in [-0.2, 0) is 9.63 Å². The van der Waals surface area contributed by atoms with Crippen LogP contribution in [0.15, 0.2) is 17.7 Å². The Labute approximate surface area is 86.2 Å². The van der Waals surface area contributed by atoms with Gasteiger partial charge in [-0.25, -0.2) is 9.78 Å². The van der Waals surface area contributed by atoms with Gasteiger partial charge in [0.05, 0.1) is 24.4 Å². The first-order valence-corrected chi connectivity index (χ1v) is 4.66. The monoisotopic (exact) mass is 209 g/mol. The molecule has 0 aliphatic heterocycles. The van der Waals surface area contributed by atoms with Crippen molar-refractivity contribution in [2.45, 2.75) is 18.9 Å². The van der Waals surface area contributed by atoms with Gasteiger partial charge in [0.1, 0.15) is 0 Å². The van der Waals surface area contributed by atoms with E-state index in [9.17, 15) is 4.79 Å². The molecule has 1 fully saturated rings. The van der Waals surface area contributed by atoms with E-state index in [4.69, 9.17) is 5.11 Å². The van der Waals surface area contributed by atoms with Gasteiger partial charge >= 0.3 is 5.97 Å². The van der Waals surface area contributed by atoms with Gasteiger partial charge in [-0.15, -0.1) is 0 Å². The van der Waals surface area contributed by atoms with Crippen molar-refractivity contribution >= 4 is 12.2 Å². The first kappa shape index (κ1) is 9.70. The van der Waals surface area contributed by atoms with E-state index in [1.807, 2.05) is 4.57 Å². The number of carbonyl (C=O) groups is 1. The number of aromatic nitrogens is 2. The predicted octanol–water partition coefficient (Wildman–Crippen LogP) is 0.653. The van der Waals surface area contributed by atoms with Gasteiger partial charge < -0.3 is 14.5 Å². The van der Waals surface area contributed by atoms with Crippen LogP contribution in [0.5, 0.6) is 0 Å². The number of hydrogen-bond donors (Lipinski definition) is 1. The van der Waals surface area contributed by atoms with Crippen LogP contribution in [0.3, 0.4) is 0 Å². The fourth-order valence-corrected chi connectivity index (χ4v) is 1.26. The smallest absolute Gasteiger partial charge is 0.344 e. The highest BCUT2D eigenvalue weighted by Crippen LogP contribution is 2.35. The summed E-state index contributed by atoms with van der Waals surface area (Å²) in [5.41, 5.74) is 0.836. The van der Waals surface area contributed by atoms with E-state index >= 15 is 0 Å². The lowest BCUT2D eigenvalue weighted by atomic mass is 10.5. The molecule has 1 aromatic heterocycles. The molecular formula is C9H11N3O3. The molecular weight excluding hydrogens is 198 g/mol. The summed E-state index contributed by atoms with van der Waals surface area (Å²) in [6, 6.07) is 0.522. The standard InChI is InChI=1S/C9H11N3O3/c13-9(14)5-15-11-4-8-3-10-6-12(8)7-1-2-7/h3-4,6-7H,1-2,5H2,(H,13,14). The Morgan fingerprint density at radius 3 is 3.27 bits per heavy atom. The molecule has 1 N–H and O–H groups in total. The highest BCUT2D eigenvalue weighted by atomic mass is 16.6. The van der Waals surface area contributed by atoms with E-state index in [2.05, 4.69) is 15.0 Å². The molecule has 1 aliphatic carbocycles. The minimum absolute atomic E-state index is 0.423. The molecule has 1 saturated carbocycles. The quantitative estimate of drug-likeness (QED) is 0.570. The fraction of sp³-hybridized carbons (Fsp3) is 0.444. The van der Waals surface area contributed by atoms with Gasteiger partial charge in [-0.3, -0.25) is 0 Å². The lowest BCUT2D eigenvalue weighted by Gasteiger charge is -2.00. The number of oxime groups is 1. The molecule has 1 aliphatic rings. The SMILES string of the molecule is O=C(O)CON=Cc1cncn1C1CC1. The van der Waals surface area contributed by atoms with Crippen LogP contribution >= 0.6 is 0 Å². The molecule has 1 heterocycles. The first-order chi connectivity index (χ1) is 7.27. The largest absolute Gasteiger partial charge is 0.479 e. The Balaban J connectivity index is 1.91. The molecule has 0 spiro atoms. The van der Waals surface area contributed by atoms with Crippen molar-refractivity contribution in [3.63, 3.8) is 0 Å². The molecule has 2 rings (SSSR count). The number of carboxylic acid groups (broad SMARTS) is 1. The van der Waals surface area contributed by atoms with Gasteiger partial charge in [0.2, 0.25) is 6.61 Å². The Kier molecular flexibility index (Phi) is 2.66. The highest BCUT2D eigenvalue weighted by Gasteiger charge is 2.24. The van der Waals surface area contributed by atoms with Crippen molar-refractivity contribution in [3.8, 4) is 0 Å². The Bertz CT molecular complexity index is 382. The van der Waals surface area contributed by atoms with E-state index in [0.29, 0.717) is 6.04 Å². The molecule has 0 saturated heterocycles. The van der Waals surface area contributed by atoms with Crippen LogP contribution in [0.25, 0.3) is 0 Å². The summed E-state index contributed by atoms with van der Waals surface area (Å²) in [5.74, 6) is -1.04. The second-order valence-corrected chi connectivity index (χ2v) is 3.36. The van der Waals surface area contributed by atoms with Crippen LogP contribution in [0.4, 0.5) is 0 Å². The fourth-order valence-electron chi connectivity index (χ4n) is 1.26. The third kappa shape index (κ3) is 2.55. The second-order valence-electron chi connectivity index (χ2n) is 3.36. The van der Waals surface area contributed by atoms with Crippen LogP contribution in [-0.4, -0.2) is 33.4 Å². The summed E-state index contributed by atoms with van der Waals surface area (Å²) >= 11 is 0. The lowest BCUT2D eigenvalue weighted by Crippen LogP contribution is -2.04. The minimum atomic E-state index is -1.04. The van der Waals surface area contributed by atoms with Gasteiger partial charge in [-0.2, -0.15) is 0 Å². The van der Waals surface area contributed by atoms with Gasteiger partial charge in [-0.05, 0) is 12.8 Å². The molecule has 0 aromatic carbocycles. The van der Waals surface area contributed by atoms with E-state index in [-0.39, 0.29) is 0 Å². The summed E-state index contributed by atoms with van der Waals surface area (Å²) in [7, 11) is 0. The van der Waals surface area contributed by atoms with Gasteiger partial charge in [-0.1, -0.05) is 5.16 Å². The molecule has 80 valence electrons. The zero-order valence-electron chi connectivity index (χ0n) is 8.04. The van der Waals surface area contributed by atoms with Crippen molar-refractivity contribution in [2.24, 2.45) is 5.16 Å². The number of carboxylic acids is 1. The summed E-state index contributed by atoms with van der Waals surface area (Å²) < 4.78 is 2.01. The predicted molar refractivity (Wildman–Crippen MR) is 51.7 cm³/mol. The van der Waals surface area contributed by atoms with Crippen molar-refractivity contribution in [1.29, 1.82) is 0 Å². The van der Waals surface area contributed by atoms with Crippen molar-refractivity contribution in [2.75, 3.05) is 6.61 Å². The maximum atomic E-state index is 10.1. The molecule has 6 nitrogen and oxygen atoms in total. The van der Waals surface area contributed by atoms with Gasteiger partial charge in [0, 0.05) is 6.04 Å². The molecule has 6 heteroatoms. The van der Waals surface area contributed by atoms with Crippen molar-refractivity contribution < 1.29 is 14.7 Å². The summed E-state index contributed by atoms with van der Waals surface area (Å²) in [6.07, 6.45) is 7.22. The van der Waals surface area contributed by atoms with Crippen molar-refractivity contribution in [1.82, 2.24) is 9.55 Å². The second kappa shape index (κ2) is 4.12. The van der Waals surface area contributed by atoms with Crippen molar-refractivity contribution in [3.05, 3.63) is 18.2 Å². The van der Waals surface area contributed by atoms with Crippen LogP contribution in [0.2, 0.25) is 0 Å². The molecule has 0 amide bonds. The first-order valence-electron chi connectivity index (χ1n) is 4.66. The molecule has 0 bridgehead atoms. The summed E-state index contributed by atoms with van der Waals surface area (Å²) in [6.45, 7) is -0.423. The van der Waals surface area contributed by atoms with E-state index < -0.39 is 12.6 Å². The third-order valence-corrected chi connectivity index (χ3v) is 2.08. The van der Waals surface area contributed by atoms with E-state index in [1.165, 1.54) is 6.21 Å². The Morgan fingerprint density at radius 2 is 2.60 bits per heavy atom. The van der Waals surface area contributed by atoms with Gasteiger partial charge in [0.15, 0.2) is 0 Å². The Morgan fingerprint density at radius 1 is 1.80 bits per heavy atom. The average Bonchev–Trinajstić information content (AvgIpc) is 2.93. The maximum Gasteiger partial charge on any atom is 0.344 e. The third-order valence-electron chi connectivity index (χ3n) is 2.08. The molecule has 1 aromatic rings. The highest BCUT2D eigenvalue weighted by molar-refractivity contribution is 5.76. The molecule has 15 heavy (non-hydrogen) atoms. The van der Waals surface area contributed by atoms with E-state index in [0.717, 1.165) is 18.5 Å². The van der Waals surface area contributed by atoms with Crippen LogP contribution < -0.4 is 0 Å². The topological polar surface area (TPSA) is 76.7 Å². The summed E-state index contributed by atoms with van der Waals surface area (Å²) in [5, 5.41) is 11.9. The van der Waals surface area contributed by atoms with Crippen LogP contribution in [0, 0.1) is 0 Å². The Hall–Kier alpha value is -1.85. The minimum Gasteiger partial charge on any atom is -0.479 e.